The van der Waals surface area contributed by atoms with Crippen LogP contribution in [-0.2, 0) is 6.37 Å². The molecule has 26 heavy (non-hydrogen) atoms. The third-order valence-electron chi connectivity index (χ3n) is 3.47. The van der Waals surface area contributed by atoms with Crippen molar-refractivity contribution in [2.45, 2.75) is 45.5 Å². The molecule has 0 bridgehead atoms. The summed E-state index contributed by atoms with van der Waals surface area (Å²) in [5.74, 6) is -1.58. The third kappa shape index (κ3) is 5.95. The van der Waals surface area contributed by atoms with Crippen LogP contribution in [0.25, 0.3) is 0 Å². The van der Waals surface area contributed by atoms with Crippen molar-refractivity contribution in [2.75, 3.05) is 20.8 Å². The topological polar surface area (TPSA) is 47.9 Å². The number of hydrogen-bond acceptors (Lipinski definition) is 4. The van der Waals surface area contributed by atoms with Gasteiger partial charge in [-0.15, -0.1) is 0 Å². The number of methoxy groups -OCH3 is 2. The van der Waals surface area contributed by atoms with Crippen molar-refractivity contribution in [3.8, 4) is 17.2 Å². The van der Waals surface area contributed by atoms with Gasteiger partial charge in [0.25, 0.3) is 0 Å². The van der Waals surface area contributed by atoms with Crippen molar-refractivity contribution in [2.24, 2.45) is 0 Å². The van der Waals surface area contributed by atoms with Gasteiger partial charge in [-0.2, -0.15) is 0 Å². The zero-order valence-corrected chi connectivity index (χ0v) is 14.9. The lowest BCUT2D eigenvalue weighted by molar-refractivity contribution is 0.0976. The fraction of sp³-hybridized carbons (Fsp3) is 0.455. The van der Waals surface area contributed by atoms with Crippen LogP contribution in [0.15, 0.2) is 36.3 Å². The standard InChI is InChI=1S/C22H30O4/c1-16-9-11-20(13-17(16)2)26-15-19(23)8-6-5-7-18-10-12-21(24-3)22(14-18)25-4/h9-14,19,23H,5-8,15H2,1-4H3/i3D3,7D2,8D2,9D,10D,11D,12D,13D,14D. The van der Waals surface area contributed by atoms with Crippen LogP contribution < -0.4 is 14.2 Å². The van der Waals surface area contributed by atoms with Crippen LogP contribution in [-0.4, -0.2) is 32.0 Å². The summed E-state index contributed by atoms with van der Waals surface area (Å²) in [4.78, 5) is 0. The smallest absolute Gasteiger partial charge is 0.160 e. The van der Waals surface area contributed by atoms with Gasteiger partial charge in [0, 0.05) is 5.48 Å². The average Bonchev–Trinajstić information content (AvgIpc) is 2.82. The molecule has 0 aliphatic rings. The second-order valence-electron chi connectivity index (χ2n) is 5.38. The zero-order valence-electron chi connectivity index (χ0n) is 27.9. The Morgan fingerprint density at radius 3 is 2.69 bits per heavy atom. The molecule has 0 fully saturated rings. The van der Waals surface area contributed by atoms with E-state index < -0.39 is 80.5 Å². The second kappa shape index (κ2) is 10.1. The van der Waals surface area contributed by atoms with Crippen molar-refractivity contribution >= 4 is 0 Å². The maximum atomic E-state index is 10.5. The van der Waals surface area contributed by atoms with E-state index in [1.165, 1.54) is 0 Å². The van der Waals surface area contributed by atoms with E-state index >= 15 is 0 Å². The zero-order chi connectivity index (χ0) is 30.2. The summed E-state index contributed by atoms with van der Waals surface area (Å²) in [6.45, 7) is 2.45. The Morgan fingerprint density at radius 1 is 1.08 bits per heavy atom. The van der Waals surface area contributed by atoms with Gasteiger partial charge in [-0.05, 0) is 73.9 Å². The molecule has 0 amide bonds. The van der Waals surface area contributed by atoms with Crippen molar-refractivity contribution < 1.29 is 37.1 Å². The van der Waals surface area contributed by atoms with Gasteiger partial charge < -0.3 is 19.3 Å². The lowest BCUT2D eigenvalue weighted by Crippen LogP contribution is -2.17. The summed E-state index contributed by atoms with van der Waals surface area (Å²) in [6.07, 6.45) is -8.19. The first kappa shape index (κ1) is 8.66. The molecule has 0 aliphatic carbocycles. The molecule has 4 nitrogen and oxygen atoms in total. The summed E-state index contributed by atoms with van der Waals surface area (Å²) in [5.41, 5.74) is 0.177. The molecule has 0 spiro atoms. The largest absolute Gasteiger partial charge is 0.493 e. The predicted molar refractivity (Wildman–Crippen MR) is 105 cm³/mol. The maximum Gasteiger partial charge on any atom is 0.160 e. The monoisotopic (exact) mass is 371 g/mol. The highest BCUT2D eigenvalue weighted by atomic mass is 16.5. The van der Waals surface area contributed by atoms with Gasteiger partial charge in [0.05, 0.1) is 32.6 Å². The molecule has 0 aliphatic heterocycles. The molecule has 0 heterocycles. The van der Waals surface area contributed by atoms with Crippen LogP contribution in [0.4, 0.5) is 0 Å². The van der Waals surface area contributed by atoms with E-state index in [2.05, 4.69) is 0 Å². The molecule has 0 saturated carbocycles. The first-order valence-corrected chi connectivity index (χ1v) is 7.93. The summed E-state index contributed by atoms with van der Waals surface area (Å²) in [7, 11) is -1.97. The summed E-state index contributed by atoms with van der Waals surface area (Å²) in [6, 6.07) is -3.12. The van der Waals surface area contributed by atoms with Crippen molar-refractivity contribution in [1.82, 2.24) is 0 Å². The lowest BCUT2D eigenvalue weighted by atomic mass is 10.0. The Kier molecular flexibility index (Phi) is 3.35. The Hall–Kier alpha value is -2.20. The molecular formula is C22H30O4. The quantitative estimate of drug-likeness (QED) is 0.669. The summed E-state index contributed by atoms with van der Waals surface area (Å²) in [5, 5.41) is 10.5. The molecule has 2 aromatic carbocycles. The molecule has 1 atom stereocenters. The fourth-order valence-corrected chi connectivity index (χ4v) is 1.94. The molecular weight excluding hydrogens is 328 g/mol. The van der Waals surface area contributed by atoms with E-state index in [0.717, 1.165) is 7.11 Å². The van der Waals surface area contributed by atoms with Gasteiger partial charge in [0.1, 0.15) is 12.4 Å². The Morgan fingerprint density at radius 2 is 1.92 bits per heavy atom. The molecule has 4 heteroatoms. The Balaban J connectivity index is 2.29. The summed E-state index contributed by atoms with van der Waals surface area (Å²) >= 11 is 0. The second-order valence-corrected chi connectivity index (χ2v) is 5.38. The maximum absolute atomic E-state index is 10.5. The van der Waals surface area contributed by atoms with Crippen LogP contribution >= 0.6 is 0 Å². The van der Waals surface area contributed by atoms with Crippen LogP contribution in [0, 0.1) is 13.8 Å². The normalized spacial score (nSPS) is 20.7. The third-order valence-corrected chi connectivity index (χ3v) is 3.47. The summed E-state index contributed by atoms with van der Waals surface area (Å²) < 4.78 is 119. The molecule has 1 unspecified atom stereocenters. The van der Waals surface area contributed by atoms with E-state index in [4.69, 9.17) is 32.0 Å². The van der Waals surface area contributed by atoms with Crippen molar-refractivity contribution in [3.63, 3.8) is 0 Å². The first-order valence-electron chi connectivity index (χ1n) is 14.4. The highest BCUT2D eigenvalue weighted by molar-refractivity contribution is 5.42. The number of hydrogen-bond donors (Lipinski definition) is 1. The minimum absolute atomic E-state index is 0.166. The van der Waals surface area contributed by atoms with E-state index in [9.17, 15) is 5.11 Å². The van der Waals surface area contributed by atoms with Crippen LogP contribution in [0.2, 0.25) is 0 Å². The molecule has 1 N–H and O–H groups in total. The molecule has 2 aromatic rings. The van der Waals surface area contributed by atoms with Crippen molar-refractivity contribution in [1.29, 1.82) is 0 Å². The van der Waals surface area contributed by atoms with Crippen molar-refractivity contribution in [3.05, 3.63) is 52.9 Å². The number of aliphatic hydroxyl groups is 1. The van der Waals surface area contributed by atoms with Gasteiger partial charge >= 0.3 is 0 Å². The van der Waals surface area contributed by atoms with Gasteiger partial charge in [-0.1, -0.05) is 18.5 Å². The molecule has 0 saturated heterocycles. The molecule has 0 aromatic heterocycles. The van der Waals surface area contributed by atoms with E-state index in [1.807, 2.05) is 0 Å². The minimum atomic E-state index is -3.03. The van der Waals surface area contributed by atoms with E-state index in [-0.39, 0.29) is 23.9 Å². The van der Waals surface area contributed by atoms with Gasteiger partial charge in [-0.25, -0.2) is 0 Å². The van der Waals surface area contributed by atoms with Crippen LogP contribution in [0.1, 0.15) is 53.7 Å². The van der Waals surface area contributed by atoms with Gasteiger partial charge in [-0.3, -0.25) is 0 Å². The van der Waals surface area contributed by atoms with E-state index in [1.54, 1.807) is 13.8 Å². The van der Waals surface area contributed by atoms with E-state index in [0.29, 0.717) is 11.1 Å². The Bertz CT molecular complexity index is 1200. The highest BCUT2D eigenvalue weighted by Gasteiger charge is 2.07. The highest BCUT2D eigenvalue weighted by Crippen LogP contribution is 2.28. The lowest BCUT2D eigenvalue weighted by Gasteiger charge is -2.13. The van der Waals surface area contributed by atoms with Gasteiger partial charge in [0.2, 0.25) is 0 Å². The number of ether oxygens (including phenoxy) is 3. The number of rotatable bonds is 10. The molecule has 2 rings (SSSR count). The Labute approximate surface area is 175 Å². The van der Waals surface area contributed by atoms with Crippen LogP contribution in [0.3, 0.4) is 0 Å². The number of benzene rings is 2. The SMILES string of the molecule is [2H]c1c([2H])c(OCC(O)C([2H])([2H])CCC([2H])([2H])c2c([2H])c([2H])c(OC([2H])([2H])[2H])c(OC)c2[2H])c([2H])c(C)c1C. The molecule has 142 valence electrons. The minimum Gasteiger partial charge on any atom is -0.493 e. The van der Waals surface area contributed by atoms with Gasteiger partial charge in [0.15, 0.2) is 11.5 Å². The average molecular weight is 372 g/mol. The molecule has 0 radical (unpaired) electrons. The fourth-order valence-electron chi connectivity index (χ4n) is 1.94. The van der Waals surface area contributed by atoms with Crippen LogP contribution in [0.5, 0.6) is 17.2 Å². The first-order chi connectivity index (χ1) is 17.7. The predicted octanol–water partition coefficient (Wildman–Crippen LogP) is 4.47. The number of aliphatic hydroxyl groups excluding tert-OH is 1.